The molecule has 1 saturated heterocycles. The Labute approximate surface area is 143 Å². The Morgan fingerprint density at radius 1 is 1.30 bits per heavy atom. The summed E-state index contributed by atoms with van der Waals surface area (Å²) in [5.41, 5.74) is 0.571. The molecule has 0 saturated carbocycles. The van der Waals surface area contributed by atoms with Crippen molar-refractivity contribution < 1.29 is 13.9 Å². The number of rotatable bonds is 3. The van der Waals surface area contributed by atoms with Crippen molar-refractivity contribution in [3.63, 3.8) is 0 Å². The zero-order valence-corrected chi connectivity index (χ0v) is 14.3. The zero-order valence-electron chi connectivity index (χ0n) is 12.7. The molecule has 3 rings (SSSR count). The maximum absolute atomic E-state index is 14.1. The summed E-state index contributed by atoms with van der Waals surface area (Å²) in [5.74, 6) is -0.580. The van der Waals surface area contributed by atoms with E-state index in [0.29, 0.717) is 12.0 Å². The van der Waals surface area contributed by atoms with Gasteiger partial charge in [-0.2, -0.15) is 0 Å². The summed E-state index contributed by atoms with van der Waals surface area (Å²) in [5, 5.41) is 2.92. The number of amides is 1. The van der Waals surface area contributed by atoms with Gasteiger partial charge in [0.1, 0.15) is 11.9 Å². The molecule has 1 amide bonds. The average Bonchev–Trinajstić information content (AvgIpc) is 2.53. The Balaban J connectivity index is 1.77. The third-order valence-electron chi connectivity index (χ3n) is 4.05. The second kappa shape index (κ2) is 6.42. The van der Waals surface area contributed by atoms with Crippen molar-refractivity contribution in [3.8, 4) is 0 Å². The molecule has 0 bridgehead atoms. The summed E-state index contributed by atoms with van der Waals surface area (Å²) >= 11 is 3.34. The summed E-state index contributed by atoms with van der Waals surface area (Å²) in [6.45, 7) is 2.00. The first-order chi connectivity index (χ1) is 11.0. The number of hydrogen-bond acceptors (Lipinski definition) is 2. The molecule has 0 radical (unpaired) electrons. The number of hydrogen-bond donors (Lipinski definition) is 1. The first kappa shape index (κ1) is 16.1. The number of nitrogens with one attached hydrogen (secondary N) is 1. The molecule has 0 aromatic heterocycles. The molecule has 1 unspecified atom stereocenters. The molecule has 23 heavy (non-hydrogen) atoms. The number of morpholine rings is 1. The van der Waals surface area contributed by atoms with Gasteiger partial charge in [0.05, 0.1) is 12.1 Å². The maximum atomic E-state index is 14.1. The Hall–Kier alpha value is -1.72. The van der Waals surface area contributed by atoms with E-state index in [4.69, 9.17) is 4.74 Å². The van der Waals surface area contributed by atoms with Crippen molar-refractivity contribution >= 4 is 21.8 Å². The van der Waals surface area contributed by atoms with Gasteiger partial charge in [-0.15, -0.1) is 0 Å². The van der Waals surface area contributed by atoms with Crippen molar-refractivity contribution in [1.82, 2.24) is 5.32 Å². The molecule has 2 aromatic rings. The summed E-state index contributed by atoms with van der Waals surface area (Å²) in [6, 6.07) is 14.4. The minimum Gasteiger partial charge on any atom is -0.365 e. The Morgan fingerprint density at radius 2 is 2.04 bits per heavy atom. The van der Waals surface area contributed by atoms with Gasteiger partial charge >= 0.3 is 0 Å². The number of benzene rings is 2. The van der Waals surface area contributed by atoms with Crippen LogP contribution in [0.25, 0.3) is 0 Å². The van der Waals surface area contributed by atoms with Gasteiger partial charge in [-0.1, -0.05) is 46.3 Å². The lowest BCUT2D eigenvalue weighted by Gasteiger charge is -2.38. The van der Waals surface area contributed by atoms with Crippen molar-refractivity contribution in [2.75, 3.05) is 6.61 Å². The molecule has 1 aliphatic heterocycles. The van der Waals surface area contributed by atoms with Crippen LogP contribution in [0.1, 0.15) is 18.1 Å². The quantitative estimate of drug-likeness (QED) is 0.887. The van der Waals surface area contributed by atoms with Gasteiger partial charge < -0.3 is 10.1 Å². The molecule has 1 fully saturated rings. The predicted octanol–water partition coefficient (Wildman–Crippen LogP) is 3.56. The van der Waals surface area contributed by atoms with Crippen molar-refractivity contribution in [2.45, 2.75) is 25.0 Å². The van der Waals surface area contributed by atoms with Crippen LogP contribution in [-0.2, 0) is 21.5 Å². The highest BCUT2D eigenvalue weighted by Crippen LogP contribution is 2.30. The average molecular weight is 378 g/mol. The fraction of sp³-hybridized carbons (Fsp3) is 0.278. The third kappa shape index (κ3) is 3.46. The monoisotopic (exact) mass is 377 g/mol. The van der Waals surface area contributed by atoms with Gasteiger partial charge in [0.15, 0.2) is 0 Å². The summed E-state index contributed by atoms with van der Waals surface area (Å²) in [6.07, 6.45) is -0.0512. The highest BCUT2D eigenvalue weighted by molar-refractivity contribution is 9.10. The second-order valence-electron chi connectivity index (χ2n) is 5.93. The zero-order chi connectivity index (χ0) is 16.4. The molecule has 2 aromatic carbocycles. The normalized spacial score (nSPS) is 24.3. The molecule has 1 heterocycles. The van der Waals surface area contributed by atoms with Crippen LogP contribution in [0, 0.1) is 5.82 Å². The van der Waals surface area contributed by atoms with Gasteiger partial charge in [-0.05, 0) is 30.7 Å². The fourth-order valence-corrected chi connectivity index (χ4v) is 3.14. The van der Waals surface area contributed by atoms with Crippen molar-refractivity contribution in [1.29, 1.82) is 0 Å². The molecule has 5 heteroatoms. The molecule has 1 aliphatic rings. The number of ether oxygens (including phenoxy) is 1. The number of carbonyl (C=O) groups excluding carboxylic acids is 1. The summed E-state index contributed by atoms with van der Waals surface area (Å²) in [7, 11) is 0. The third-order valence-corrected chi connectivity index (χ3v) is 4.54. The highest BCUT2D eigenvalue weighted by atomic mass is 79.9. The van der Waals surface area contributed by atoms with Gasteiger partial charge in [-0.25, -0.2) is 4.39 Å². The van der Waals surface area contributed by atoms with E-state index in [1.165, 1.54) is 6.07 Å². The standard InChI is InChI=1S/C18H17BrFNO2/c1-18(14-10-13(19)7-8-15(14)20)11-23-16(17(22)21-18)9-12-5-3-2-4-6-12/h2-8,10,16H,9,11H2,1H3,(H,21,22)/t16-,18?/m1/s1. The van der Waals surface area contributed by atoms with Gasteiger partial charge in [0, 0.05) is 16.5 Å². The molecular formula is C18H17BrFNO2. The first-order valence-electron chi connectivity index (χ1n) is 7.41. The lowest BCUT2D eigenvalue weighted by atomic mass is 9.90. The molecule has 0 spiro atoms. The number of carbonyl (C=O) groups is 1. The van der Waals surface area contributed by atoms with E-state index in [1.807, 2.05) is 30.3 Å². The maximum Gasteiger partial charge on any atom is 0.250 e. The van der Waals surface area contributed by atoms with E-state index in [2.05, 4.69) is 21.2 Å². The van der Waals surface area contributed by atoms with E-state index >= 15 is 0 Å². The van der Waals surface area contributed by atoms with E-state index in [1.54, 1.807) is 19.1 Å². The highest BCUT2D eigenvalue weighted by Gasteiger charge is 2.39. The van der Waals surface area contributed by atoms with Crippen LogP contribution in [0.15, 0.2) is 53.0 Å². The second-order valence-corrected chi connectivity index (χ2v) is 6.85. The molecule has 1 N–H and O–H groups in total. The molecular weight excluding hydrogens is 361 g/mol. The summed E-state index contributed by atoms with van der Waals surface area (Å²) < 4.78 is 20.7. The van der Waals surface area contributed by atoms with E-state index in [9.17, 15) is 9.18 Å². The molecule has 3 nitrogen and oxygen atoms in total. The van der Waals surface area contributed by atoms with Gasteiger partial charge in [0.25, 0.3) is 0 Å². The van der Waals surface area contributed by atoms with Gasteiger partial charge in [0.2, 0.25) is 5.91 Å². The van der Waals surface area contributed by atoms with Gasteiger partial charge in [-0.3, -0.25) is 4.79 Å². The van der Waals surface area contributed by atoms with Crippen LogP contribution in [0.4, 0.5) is 4.39 Å². The first-order valence-corrected chi connectivity index (χ1v) is 8.20. The van der Waals surface area contributed by atoms with Crippen LogP contribution >= 0.6 is 15.9 Å². The predicted molar refractivity (Wildman–Crippen MR) is 89.5 cm³/mol. The van der Waals surface area contributed by atoms with Crippen LogP contribution < -0.4 is 5.32 Å². The van der Waals surface area contributed by atoms with Crippen molar-refractivity contribution in [2.24, 2.45) is 0 Å². The lowest BCUT2D eigenvalue weighted by Crippen LogP contribution is -2.57. The van der Waals surface area contributed by atoms with Crippen molar-refractivity contribution in [3.05, 3.63) is 69.9 Å². The van der Waals surface area contributed by atoms with E-state index in [-0.39, 0.29) is 18.3 Å². The Morgan fingerprint density at radius 3 is 2.74 bits per heavy atom. The topological polar surface area (TPSA) is 38.3 Å². The van der Waals surface area contributed by atoms with Crippen LogP contribution in [0.3, 0.4) is 0 Å². The smallest absolute Gasteiger partial charge is 0.250 e. The fourth-order valence-electron chi connectivity index (χ4n) is 2.78. The largest absolute Gasteiger partial charge is 0.365 e. The van der Waals surface area contributed by atoms with Crippen LogP contribution in [0.2, 0.25) is 0 Å². The molecule has 2 atom stereocenters. The van der Waals surface area contributed by atoms with Crippen LogP contribution in [0.5, 0.6) is 0 Å². The molecule has 120 valence electrons. The lowest BCUT2D eigenvalue weighted by molar-refractivity contribution is -0.145. The Bertz CT molecular complexity index is 722. The van der Waals surface area contributed by atoms with E-state index in [0.717, 1.165) is 10.0 Å². The SMILES string of the molecule is CC1(c2cc(Br)ccc2F)CO[C@H](Cc2ccccc2)C(=O)N1. The summed E-state index contributed by atoms with van der Waals surface area (Å²) in [4.78, 5) is 12.4. The van der Waals surface area contributed by atoms with Crippen LogP contribution in [-0.4, -0.2) is 18.6 Å². The number of halogens is 2. The molecule has 0 aliphatic carbocycles. The van der Waals surface area contributed by atoms with E-state index < -0.39 is 11.6 Å². The minimum atomic E-state index is -0.877. The Kier molecular flexibility index (Phi) is 4.50. The minimum absolute atomic E-state index is 0.220.